The van der Waals surface area contributed by atoms with Gasteiger partial charge in [-0.05, 0) is 36.3 Å². The van der Waals surface area contributed by atoms with E-state index in [0.717, 1.165) is 16.8 Å². The first-order valence-corrected chi connectivity index (χ1v) is 8.64. The van der Waals surface area contributed by atoms with Crippen molar-refractivity contribution in [3.63, 3.8) is 0 Å². The highest BCUT2D eigenvalue weighted by Gasteiger charge is 2.19. The van der Waals surface area contributed by atoms with Crippen LogP contribution in [0.4, 0.5) is 20.2 Å². The highest BCUT2D eigenvalue weighted by Crippen LogP contribution is 2.39. The highest BCUT2D eigenvalue weighted by molar-refractivity contribution is 6.06. The Morgan fingerprint density at radius 2 is 1.93 bits per heavy atom. The quantitative estimate of drug-likeness (QED) is 0.632. The van der Waals surface area contributed by atoms with Gasteiger partial charge in [-0.3, -0.25) is 9.59 Å². The number of hydrogen-bond donors (Lipinski definition) is 2. The van der Waals surface area contributed by atoms with Crippen LogP contribution in [0.25, 0.3) is 11.3 Å². The molecule has 0 unspecified atom stereocenters. The van der Waals surface area contributed by atoms with Crippen molar-refractivity contribution in [2.24, 2.45) is 7.05 Å². The maximum Gasteiger partial charge on any atom is 0.300 e. The van der Waals surface area contributed by atoms with Crippen molar-refractivity contribution in [3.05, 3.63) is 64.5 Å². The third-order valence-electron chi connectivity index (χ3n) is 4.11. The molecule has 30 heavy (non-hydrogen) atoms. The molecule has 152 valence electrons. The van der Waals surface area contributed by atoms with E-state index in [1.165, 1.54) is 19.2 Å². The van der Waals surface area contributed by atoms with E-state index in [0.29, 0.717) is 6.07 Å². The van der Waals surface area contributed by atoms with Gasteiger partial charge in [0.1, 0.15) is 17.3 Å². The van der Waals surface area contributed by atoms with Gasteiger partial charge in [0, 0.05) is 20.2 Å². The van der Waals surface area contributed by atoms with E-state index in [4.69, 9.17) is 11.2 Å². The van der Waals surface area contributed by atoms with E-state index in [2.05, 4.69) is 15.7 Å². The topological polar surface area (TPSA) is 85.3 Å². The highest BCUT2D eigenvalue weighted by atomic mass is 19.1. The molecule has 0 spiro atoms. The number of anilines is 2. The van der Waals surface area contributed by atoms with Crippen molar-refractivity contribution in [3.8, 4) is 35.1 Å². The van der Waals surface area contributed by atoms with E-state index in [1.54, 1.807) is 19.2 Å². The number of hydrogen-bond acceptors (Lipinski definition) is 5. The number of aromatic nitrogens is 2. The minimum Gasteiger partial charge on any atom is -0.453 e. The lowest BCUT2D eigenvalue weighted by Gasteiger charge is -2.16. The van der Waals surface area contributed by atoms with Gasteiger partial charge in [0.25, 0.3) is 11.5 Å². The molecule has 2 N–H and O–H groups in total. The fourth-order valence-corrected chi connectivity index (χ4v) is 2.73. The Hall–Kier alpha value is -4.19. The smallest absolute Gasteiger partial charge is 0.300 e. The lowest BCUT2D eigenvalue weighted by molar-refractivity contribution is -0.111. The van der Waals surface area contributed by atoms with E-state index in [9.17, 15) is 18.4 Å². The van der Waals surface area contributed by atoms with Crippen LogP contribution in [0.2, 0.25) is 0 Å². The van der Waals surface area contributed by atoms with Gasteiger partial charge in [0.05, 0.1) is 16.9 Å². The molecule has 0 aliphatic rings. The van der Waals surface area contributed by atoms with Crippen LogP contribution in [-0.2, 0) is 11.8 Å². The second kappa shape index (κ2) is 8.45. The summed E-state index contributed by atoms with van der Waals surface area (Å²) < 4.78 is 34.1. The van der Waals surface area contributed by atoms with Crippen LogP contribution < -0.4 is 20.9 Å². The summed E-state index contributed by atoms with van der Waals surface area (Å²) in [6, 6.07) is 8.92. The Balaban J connectivity index is 2.22. The van der Waals surface area contributed by atoms with Gasteiger partial charge < -0.3 is 15.4 Å². The Morgan fingerprint density at radius 1 is 1.17 bits per heavy atom. The number of nitrogens with one attached hydrogen (secondary N) is 2. The Morgan fingerprint density at radius 3 is 2.60 bits per heavy atom. The van der Waals surface area contributed by atoms with Gasteiger partial charge in [-0.15, -0.1) is 6.42 Å². The van der Waals surface area contributed by atoms with E-state index in [1.807, 2.05) is 5.92 Å². The van der Waals surface area contributed by atoms with Gasteiger partial charge >= 0.3 is 0 Å². The molecule has 0 fully saturated rings. The van der Waals surface area contributed by atoms with E-state index >= 15 is 0 Å². The first-order chi connectivity index (χ1) is 14.3. The van der Waals surface area contributed by atoms with Crippen LogP contribution >= 0.6 is 0 Å². The number of carbonyl (C=O) groups is 1. The zero-order valence-corrected chi connectivity index (χ0v) is 16.0. The number of amides is 1. The second-order valence-electron chi connectivity index (χ2n) is 6.08. The van der Waals surface area contributed by atoms with Gasteiger partial charge in [0.15, 0.2) is 11.6 Å². The molecular weight excluding hydrogens is 394 g/mol. The van der Waals surface area contributed by atoms with Crippen molar-refractivity contribution in [1.29, 1.82) is 0 Å². The van der Waals surface area contributed by atoms with Gasteiger partial charge in [0.2, 0.25) is 0 Å². The molecule has 0 saturated heterocycles. The molecule has 2 aromatic carbocycles. The van der Waals surface area contributed by atoms with Crippen molar-refractivity contribution < 1.29 is 18.3 Å². The second-order valence-corrected chi connectivity index (χ2v) is 6.08. The summed E-state index contributed by atoms with van der Waals surface area (Å²) in [7, 11) is 3.02. The van der Waals surface area contributed by atoms with Crippen LogP contribution in [0, 0.1) is 24.0 Å². The predicted molar refractivity (Wildman–Crippen MR) is 108 cm³/mol. The number of halogens is 2. The Kier molecular flexibility index (Phi) is 5.78. The summed E-state index contributed by atoms with van der Waals surface area (Å²) in [5.41, 5.74) is 0.577. The summed E-state index contributed by atoms with van der Waals surface area (Å²) in [5.74, 6) is -0.591. The molecule has 3 aromatic rings. The predicted octanol–water partition coefficient (Wildman–Crippen LogP) is 3.13. The summed E-state index contributed by atoms with van der Waals surface area (Å²) in [5, 5.41) is 9.50. The molecule has 0 atom stereocenters. The molecule has 0 saturated carbocycles. The van der Waals surface area contributed by atoms with Crippen LogP contribution in [-0.4, -0.2) is 22.7 Å². The molecule has 0 bridgehead atoms. The summed E-state index contributed by atoms with van der Waals surface area (Å²) in [4.78, 5) is 24.0. The van der Waals surface area contributed by atoms with Crippen molar-refractivity contribution in [1.82, 2.24) is 9.78 Å². The van der Waals surface area contributed by atoms with Crippen molar-refractivity contribution >= 4 is 17.3 Å². The average molecular weight is 410 g/mol. The average Bonchev–Trinajstić information content (AvgIpc) is 2.72. The van der Waals surface area contributed by atoms with Gasteiger partial charge in [-0.25, -0.2) is 13.5 Å². The minimum atomic E-state index is -0.914. The third-order valence-corrected chi connectivity index (χ3v) is 4.11. The standard InChI is InChI=1S/C21H16F2N4O3/c1-4-19(28)25-14-6-5-7-18(30-17-9-8-12(22)10-13(17)23)20(14)15-11-16(24-2)21(29)27(3)26-15/h1,5-11,24H,2-3H3,(H,25,28). The SMILES string of the molecule is C#CC(=O)Nc1cccc(Oc2ccc(F)cc2F)c1-c1cc(NC)c(=O)n(C)n1. The minimum absolute atomic E-state index is 0.100. The maximum absolute atomic E-state index is 14.1. The van der Waals surface area contributed by atoms with Crippen LogP contribution in [0.15, 0.2) is 47.3 Å². The molecule has 0 aliphatic carbocycles. The summed E-state index contributed by atoms with van der Waals surface area (Å²) in [6.45, 7) is 0. The number of carbonyl (C=O) groups excluding carboxylic acids is 1. The van der Waals surface area contributed by atoms with Gasteiger partial charge in [-0.2, -0.15) is 5.10 Å². The number of nitrogens with zero attached hydrogens (tertiary/aromatic N) is 2. The van der Waals surface area contributed by atoms with Crippen LogP contribution in [0.3, 0.4) is 0 Å². The third kappa shape index (κ3) is 4.12. The molecule has 3 rings (SSSR count). The maximum atomic E-state index is 14.1. The Labute approximate surface area is 170 Å². The number of terminal acetylenes is 1. The Bertz CT molecular complexity index is 1230. The van der Waals surface area contributed by atoms with E-state index in [-0.39, 0.29) is 39.7 Å². The molecule has 1 heterocycles. The molecule has 0 radical (unpaired) electrons. The normalized spacial score (nSPS) is 10.2. The van der Waals surface area contributed by atoms with Gasteiger partial charge in [-0.1, -0.05) is 6.07 Å². The molecule has 1 amide bonds. The summed E-state index contributed by atoms with van der Waals surface area (Å²) >= 11 is 0. The monoisotopic (exact) mass is 410 g/mol. The number of rotatable bonds is 5. The molecule has 9 heteroatoms. The lowest BCUT2D eigenvalue weighted by atomic mass is 10.1. The lowest BCUT2D eigenvalue weighted by Crippen LogP contribution is -2.23. The first kappa shape index (κ1) is 20.5. The molecule has 1 aromatic heterocycles. The fourth-order valence-electron chi connectivity index (χ4n) is 2.73. The number of ether oxygens (including phenoxy) is 1. The van der Waals surface area contributed by atoms with Crippen molar-refractivity contribution in [2.45, 2.75) is 0 Å². The zero-order chi connectivity index (χ0) is 21.8. The fraction of sp³-hybridized carbons (Fsp3) is 0.0952. The molecular formula is C21H16F2N4O3. The van der Waals surface area contributed by atoms with Crippen LogP contribution in [0.5, 0.6) is 11.5 Å². The summed E-state index contributed by atoms with van der Waals surface area (Å²) in [6.07, 6.45) is 5.14. The first-order valence-electron chi connectivity index (χ1n) is 8.64. The van der Waals surface area contributed by atoms with Crippen LogP contribution in [0.1, 0.15) is 0 Å². The van der Waals surface area contributed by atoms with E-state index < -0.39 is 17.5 Å². The van der Waals surface area contributed by atoms with Crippen molar-refractivity contribution in [2.75, 3.05) is 17.7 Å². The number of aryl methyl sites for hydroxylation is 1. The molecule has 7 nitrogen and oxygen atoms in total. The number of benzene rings is 2. The largest absolute Gasteiger partial charge is 0.453 e. The molecule has 0 aliphatic heterocycles. The zero-order valence-electron chi connectivity index (χ0n) is 16.0.